The van der Waals surface area contributed by atoms with E-state index < -0.39 is 0 Å². The number of hydrogen-bond acceptors (Lipinski definition) is 7. The van der Waals surface area contributed by atoms with Crippen LogP contribution in [-0.2, 0) is 16.1 Å². The lowest BCUT2D eigenvalue weighted by molar-refractivity contribution is -0.144. The number of ether oxygens (including phenoxy) is 1. The van der Waals surface area contributed by atoms with E-state index in [0.29, 0.717) is 29.8 Å². The van der Waals surface area contributed by atoms with Crippen molar-refractivity contribution in [2.75, 3.05) is 13.2 Å². The van der Waals surface area contributed by atoms with E-state index in [-0.39, 0.29) is 18.1 Å². The average Bonchev–Trinajstić information content (AvgIpc) is 3.17. The molecule has 2 aromatic rings. The van der Waals surface area contributed by atoms with Crippen molar-refractivity contribution in [3.63, 3.8) is 0 Å². The molecule has 7 nitrogen and oxygen atoms in total. The molecule has 1 aliphatic rings. The van der Waals surface area contributed by atoms with Crippen LogP contribution >= 0.6 is 11.3 Å². The van der Waals surface area contributed by atoms with Crippen LogP contribution in [0.15, 0.2) is 16.4 Å². The second kappa shape index (κ2) is 5.90. The molecule has 2 aromatic heterocycles. The van der Waals surface area contributed by atoms with E-state index in [1.54, 1.807) is 12.4 Å². The van der Waals surface area contributed by atoms with Gasteiger partial charge in [-0.05, 0) is 19.8 Å². The third-order valence-electron chi connectivity index (χ3n) is 3.31. The molecule has 0 bridgehead atoms. The van der Waals surface area contributed by atoms with Crippen LogP contribution in [0.5, 0.6) is 0 Å². The lowest BCUT2D eigenvalue weighted by atomic mass is 10.3. The van der Waals surface area contributed by atoms with Crippen LogP contribution in [0.2, 0.25) is 0 Å². The Balaban J connectivity index is 1.77. The van der Waals surface area contributed by atoms with Crippen molar-refractivity contribution in [1.29, 1.82) is 0 Å². The van der Waals surface area contributed by atoms with Gasteiger partial charge in [-0.2, -0.15) is 9.61 Å². The van der Waals surface area contributed by atoms with E-state index in [9.17, 15) is 9.59 Å². The summed E-state index contributed by atoms with van der Waals surface area (Å²) < 4.78 is 6.27. The number of hydrogen-bond donors (Lipinski definition) is 0. The Morgan fingerprint density at radius 3 is 3.10 bits per heavy atom. The van der Waals surface area contributed by atoms with Crippen LogP contribution < -0.4 is 5.56 Å². The van der Waals surface area contributed by atoms with E-state index in [1.165, 1.54) is 21.9 Å². The van der Waals surface area contributed by atoms with Gasteiger partial charge in [-0.15, -0.1) is 0 Å². The molecule has 3 rings (SSSR count). The molecule has 0 spiro atoms. The number of carbonyl (C=O) groups is 1. The fourth-order valence-electron chi connectivity index (χ4n) is 2.22. The SMILES string of the molecule is CCOC(=O)CN(Cc1cc(=O)n2ncsc2n1)C1CC1. The summed E-state index contributed by atoms with van der Waals surface area (Å²) in [6, 6.07) is 1.86. The summed E-state index contributed by atoms with van der Waals surface area (Å²) in [5, 5.41) is 3.93. The summed E-state index contributed by atoms with van der Waals surface area (Å²) in [4.78, 5) is 30.6. The number of fused-ring (bicyclic) bond motifs is 1. The van der Waals surface area contributed by atoms with Gasteiger partial charge in [0.2, 0.25) is 4.96 Å². The van der Waals surface area contributed by atoms with Crippen LogP contribution in [0.4, 0.5) is 0 Å². The molecule has 0 saturated heterocycles. The van der Waals surface area contributed by atoms with E-state index in [1.807, 2.05) is 4.90 Å². The third-order valence-corrected chi connectivity index (χ3v) is 3.98. The van der Waals surface area contributed by atoms with Crippen LogP contribution in [0.25, 0.3) is 4.96 Å². The number of rotatable bonds is 6. The largest absolute Gasteiger partial charge is 0.465 e. The van der Waals surface area contributed by atoms with Crippen LogP contribution in [-0.4, -0.2) is 44.7 Å². The Hall–Kier alpha value is -1.80. The highest BCUT2D eigenvalue weighted by molar-refractivity contribution is 7.14. The van der Waals surface area contributed by atoms with Crippen molar-refractivity contribution in [2.45, 2.75) is 32.4 Å². The summed E-state index contributed by atoms with van der Waals surface area (Å²) in [6.07, 6.45) is 2.14. The number of aromatic nitrogens is 3. The lowest BCUT2D eigenvalue weighted by Crippen LogP contribution is -2.33. The molecule has 8 heteroatoms. The van der Waals surface area contributed by atoms with Gasteiger partial charge < -0.3 is 4.74 Å². The highest BCUT2D eigenvalue weighted by Gasteiger charge is 2.31. The molecule has 0 aromatic carbocycles. The van der Waals surface area contributed by atoms with Gasteiger partial charge in [-0.3, -0.25) is 14.5 Å². The highest BCUT2D eigenvalue weighted by Crippen LogP contribution is 2.27. The molecule has 1 fully saturated rings. The van der Waals surface area contributed by atoms with Crippen molar-refractivity contribution in [3.8, 4) is 0 Å². The third kappa shape index (κ3) is 3.27. The molecule has 0 unspecified atom stereocenters. The first-order valence-corrected chi connectivity index (χ1v) is 7.77. The molecule has 112 valence electrons. The van der Waals surface area contributed by atoms with E-state index >= 15 is 0 Å². The number of esters is 1. The molecule has 2 heterocycles. The standard InChI is InChI=1S/C13H16N4O3S/c1-2-20-12(19)7-16(10-3-4-10)6-9-5-11(18)17-13(15-9)21-8-14-17/h5,8,10H,2-4,6-7H2,1H3. The molecular weight excluding hydrogens is 292 g/mol. The fourth-order valence-corrected chi connectivity index (χ4v) is 2.86. The average molecular weight is 308 g/mol. The summed E-state index contributed by atoms with van der Waals surface area (Å²) >= 11 is 1.32. The van der Waals surface area contributed by atoms with Gasteiger partial charge >= 0.3 is 5.97 Å². The summed E-state index contributed by atoms with van der Waals surface area (Å²) in [7, 11) is 0. The zero-order chi connectivity index (χ0) is 14.8. The van der Waals surface area contributed by atoms with Gasteiger partial charge in [0.15, 0.2) is 0 Å². The Labute approximate surface area is 125 Å². The first-order chi connectivity index (χ1) is 10.2. The zero-order valence-electron chi connectivity index (χ0n) is 11.7. The highest BCUT2D eigenvalue weighted by atomic mass is 32.1. The zero-order valence-corrected chi connectivity index (χ0v) is 12.5. The second-order valence-electron chi connectivity index (χ2n) is 4.96. The van der Waals surface area contributed by atoms with Crippen molar-refractivity contribution >= 4 is 22.3 Å². The minimum atomic E-state index is -0.236. The number of nitrogens with zero attached hydrogens (tertiary/aromatic N) is 4. The Morgan fingerprint density at radius 2 is 2.38 bits per heavy atom. The maximum absolute atomic E-state index is 11.9. The molecular formula is C13H16N4O3S. The maximum atomic E-state index is 11.9. The molecule has 0 aliphatic heterocycles. The molecule has 1 saturated carbocycles. The number of carbonyl (C=O) groups excluding carboxylic acids is 1. The minimum Gasteiger partial charge on any atom is -0.465 e. The van der Waals surface area contributed by atoms with Crippen LogP contribution in [0.1, 0.15) is 25.5 Å². The van der Waals surface area contributed by atoms with Gasteiger partial charge in [0.05, 0.1) is 18.8 Å². The first-order valence-electron chi connectivity index (χ1n) is 6.89. The van der Waals surface area contributed by atoms with Gasteiger partial charge in [0, 0.05) is 18.7 Å². The van der Waals surface area contributed by atoms with Crippen LogP contribution in [0, 0.1) is 0 Å². The summed E-state index contributed by atoms with van der Waals surface area (Å²) in [5.74, 6) is -0.236. The van der Waals surface area contributed by atoms with Crippen LogP contribution in [0.3, 0.4) is 0 Å². The van der Waals surface area contributed by atoms with Crippen molar-refractivity contribution in [2.24, 2.45) is 0 Å². The van der Waals surface area contributed by atoms with Gasteiger partial charge in [0.25, 0.3) is 5.56 Å². The smallest absolute Gasteiger partial charge is 0.320 e. The van der Waals surface area contributed by atoms with Gasteiger partial charge in [-0.25, -0.2) is 4.98 Å². The first kappa shape index (κ1) is 14.2. The second-order valence-corrected chi connectivity index (χ2v) is 5.77. The normalized spacial score (nSPS) is 14.8. The van der Waals surface area contributed by atoms with Gasteiger partial charge in [-0.1, -0.05) is 11.3 Å². The predicted molar refractivity (Wildman–Crippen MR) is 77.2 cm³/mol. The van der Waals surface area contributed by atoms with Crippen molar-refractivity contribution in [1.82, 2.24) is 19.5 Å². The maximum Gasteiger partial charge on any atom is 0.320 e. The summed E-state index contributed by atoms with van der Waals surface area (Å²) in [5.41, 5.74) is 2.06. The minimum absolute atomic E-state index is 0.192. The van der Waals surface area contributed by atoms with E-state index in [4.69, 9.17) is 4.74 Å². The fraction of sp³-hybridized carbons (Fsp3) is 0.538. The Morgan fingerprint density at radius 1 is 1.57 bits per heavy atom. The predicted octanol–water partition coefficient (Wildman–Crippen LogP) is 0.679. The van der Waals surface area contributed by atoms with Gasteiger partial charge in [0.1, 0.15) is 5.51 Å². The summed E-state index contributed by atoms with van der Waals surface area (Å²) in [6.45, 7) is 2.89. The van der Waals surface area contributed by atoms with Crippen molar-refractivity contribution < 1.29 is 9.53 Å². The van der Waals surface area contributed by atoms with Crippen molar-refractivity contribution in [3.05, 3.63) is 27.6 Å². The Kier molecular flexibility index (Phi) is 3.98. The molecule has 0 N–H and O–H groups in total. The monoisotopic (exact) mass is 308 g/mol. The molecule has 21 heavy (non-hydrogen) atoms. The molecule has 1 aliphatic carbocycles. The Bertz CT molecular complexity index is 707. The van der Waals surface area contributed by atoms with E-state index in [0.717, 1.165) is 12.8 Å². The lowest BCUT2D eigenvalue weighted by Gasteiger charge is -2.20. The molecule has 0 amide bonds. The molecule has 0 radical (unpaired) electrons. The van der Waals surface area contributed by atoms with E-state index in [2.05, 4.69) is 10.1 Å². The molecule has 0 atom stereocenters. The topological polar surface area (TPSA) is 76.8 Å². The quantitative estimate of drug-likeness (QED) is 0.730.